The van der Waals surface area contributed by atoms with Crippen LogP contribution in [0, 0.1) is 0 Å². The minimum Gasteiger partial charge on any atom is -0.181 e. The first-order valence-corrected chi connectivity index (χ1v) is 4.59. The summed E-state index contributed by atoms with van der Waals surface area (Å²) < 4.78 is 8.83. The smallest absolute Gasteiger partial charge is 0.181 e. The van der Waals surface area contributed by atoms with Gasteiger partial charge in [0.15, 0.2) is 21.7 Å². The molecule has 0 aliphatic carbocycles. The standard InChI is InChI=1S/C4H7OS2/c5-7-3-1-2-6-4-7/h1,3,5H,2,4H2/q+1. The molecular weight excluding hydrogens is 128 g/mol. The Labute approximate surface area is 50.4 Å². The second-order valence-corrected chi connectivity index (χ2v) is 4.02. The second-order valence-electron chi connectivity index (χ2n) is 1.26. The molecule has 1 nitrogen and oxygen atoms in total. The van der Waals surface area contributed by atoms with Gasteiger partial charge in [0.25, 0.3) is 0 Å². The van der Waals surface area contributed by atoms with Gasteiger partial charge in [-0.25, -0.2) is 0 Å². The lowest BCUT2D eigenvalue weighted by Gasteiger charge is -1.96. The molecular formula is C4H7OS2+. The maximum Gasteiger partial charge on any atom is 0.191 e. The summed E-state index contributed by atoms with van der Waals surface area (Å²) in [6.45, 7) is 0. The highest BCUT2D eigenvalue weighted by atomic mass is 32.3. The Morgan fingerprint density at radius 3 is 2.86 bits per heavy atom. The van der Waals surface area contributed by atoms with Crippen LogP contribution in [0.1, 0.15) is 0 Å². The summed E-state index contributed by atoms with van der Waals surface area (Å²) in [6, 6.07) is 0. The molecule has 0 aromatic carbocycles. The van der Waals surface area contributed by atoms with E-state index in [1.54, 1.807) is 11.8 Å². The number of hydrogen-bond donors (Lipinski definition) is 1. The van der Waals surface area contributed by atoms with Crippen LogP contribution in [0.2, 0.25) is 0 Å². The molecule has 0 aromatic heterocycles. The largest absolute Gasteiger partial charge is 0.191 e. The normalized spacial score (nSPS) is 30.7. The predicted octanol–water partition coefficient (Wildman–Crippen LogP) is 1.30. The molecule has 1 N–H and O–H groups in total. The van der Waals surface area contributed by atoms with E-state index in [-0.39, 0.29) is 0 Å². The van der Waals surface area contributed by atoms with Crippen LogP contribution in [0.25, 0.3) is 0 Å². The van der Waals surface area contributed by atoms with E-state index in [9.17, 15) is 0 Å². The zero-order chi connectivity index (χ0) is 5.11. The highest BCUT2D eigenvalue weighted by molar-refractivity contribution is 8.14. The van der Waals surface area contributed by atoms with E-state index in [0.29, 0.717) is 0 Å². The Kier molecular flexibility index (Phi) is 2.09. The zero-order valence-corrected chi connectivity index (χ0v) is 5.47. The summed E-state index contributed by atoms with van der Waals surface area (Å²) in [5.74, 6) is 1.07. The molecule has 0 aromatic rings. The van der Waals surface area contributed by atoms with Gasteiger partial charge >= 0.3 is 0 Å². The first-order valence-electron chi connectivity index (χ1n) is 2.03. The maximum atomic E-state index is 8.83. The summed E-state index contributed by atoms with van der Waals surface area (Å²) in [4.78, 5) is 0. The fraction of sp³-hybridized carbons (Fsp3) is 0.500. The van der Waals surface area contributed by atoms with E-state index >= 15 is 0 Å². The molecule has 3 heteroatoms. The van der Waals surface area contributed by atoms with Crippen molar-refractivity contribution in [3.8, 4) is 0 Å². The Morgan fingerprint density at radius 2 is 2.57 bits per heavy atom. The number of thioether (sulfide) groups is 1. The third-order valence-corrected chi connectivity index (χ3v) is 3.24. The van der Waals surface area contributed by atoms with Crippen molar-refractivity contribution in [3.05, 3.63) is 11.5 Å². The highest BCUT2D eigenvalue weighted by Gasteiger charge is 2.12. The number of rotatable bonds is 0. The van der Waals surface area contributed by atoms with Crippen LogP contribution < -0.4 is 0 Å². The van der Waals surface area contributed by atoms with Crippen molar-refractivity contribution in [2.75, 3.05) is 10.8 Å². The van der Waals surface area contributed by atoms with Crippen LogP contribution in [-0.4, -0.2) is 15.4 Å². The Bertz CT molecular complexity index is 81.8. The van der Waals surface area contributed by atoms with Crippen molar-refractivity contribution in [2.24, 2.45) is 0 Å². The van der Waals surface area contributed by atoms with E-state index < -0.39 is 11.2 Å². The fourth-order valence-electron chi connectivity index (χ4n) is 0.391. The lowest BCUT2D eigenvalue weighted by Crippen LogP contribution is -2.01. The molecule has 7 heavy (non-hydrogen) atoms. The van der Waals surface area contributed by atoms with Gasteiger partial charge in [-0.3, -0.25) is 0 Å². The van der Waals surface area contributed by atoms with Gasteiger partial charge in [-0.1, -0.05) is 0 Å². The van der Waals surface area contributed by atoms with Crippen LogP contribution >= 0.6 is 11.8 Å². The molecule has 0 bridgehead atoms. The quantitative estimate of drug-likeness (QED) is 0.505. The highest BCUT2D eigenvalue weighted by Crippen LogP contribution is 2.12. The predicted molar refractivity (Wildman–Crippen MR) is 36.5 cm³/mol. The van der Waals surface area contributed by atoms with E-state index in [1.807, 2.05) is 11.5 Å². The van der Waals surface area contributed by atoms with Gasteiger partial charge in [0.05, 0.1) is 0 Å². The molecule has 0 saturated carbocycles. The zero-order valence-electron chi connectivity index (χ0n) is 3.83. The summed E-state index contributed by atoms with van der Waals surface area (Å²) in [6.07, 6.45) is 2.01. The van der Waals surface area contributed by atoms with Crippen LogP contribution in [0.4, 0.5) is 0 Å². The summed E-state index contributed by atoms with van der Waals surface area (Å²) in [7, 11) is 0. The minimum absolute atomic E-state index is 0.408. The van der Waals surface area contributed by atoms with Crippen LogP contribution in [0.15, 0.2) is 11.5 Å². The lowest BCUT2D eigenvalue weighted by molar-refractivity contribution is 0.652. The van der Waals surface area contributed by atoms with Gasteiger partial charge < -0.3 is 0 Å². The van der Waals surface area contributed by atoms with Gasteiger partial charge in [0.2, 0.25) is 0 Å². The van der Waals surface area contributed by atoms with Crippen molar-refractivity contribution in [2.45, 2.75) is 0 Å². The van der Waals surface area contributed by atoms with E-state index in [0.717, 1.165) is 10.8 Å². The summed E-state index contributed by atoms with van der Waals surface area (Å²) in [5.41, 5.74) is 0. The first kappa shape index (κ1) is 5.54. The molecule has 0 saturated heterocycles. The third kappa shape index (κ3) is 1.76. The molecule has 1 aliphatic rings. The number of hydrogen-bond acceptors (Lipinski definition) is 2. The molecule has 0 radical (unpaired) electrons. The van der Waals surface area contributed by atoms with Gasteiger partial charge in [-0.05, 0) is 6.08 Å². The van der Waals surface area contributed by atoms with Crippen molar-refractivity contribution in [3.63, 3.8) is 0 Å². The topological polar surface area (TPSA) is 20.2 Å². The Morgan fingerprint density at radius 1 is 1.71 bits per heavy atom. The lowest BCUT2D eigenvalue weighted by atomic mass is 10.8. The van der Waals surface area contributed by atoms with Crippen LogP contribution in [0.5, 0.6) is 0 Å². The Hall–Kier alpha value is 0.400. The van der Waals surface area contributed by atoms with Crippen molar-refractivity contribution in [1.82, 2.24) is 0 Å². The second kappa shape index (κ2) is 2.64. The molecule has 0 spiro atoms. The summed E-state index contributed by atoms with van der Waals surface area (Å²) in [5, 5.41) is 2.77. The molecule has 1 aliphatic heterocycles. The molecule has 0 fully saturated rings. The van der Waals surface area contributed by atoms with Crippen molar-refractivity contribution >= 4 is 22.9 Å². The van der Waals surface area contributed by atoms with E-state index in [2.05, 4.69) is 0 Å². The Balaban J connectivity index is 2.36. The van der Waals surface area contributed by atoms with Gasteiger partial charge in [0.1, 0.15) is 0 Å². The summed E-state index contributed by atoms with van der Waals surface area (Å²) >= 11 is 1.37. The van der Waals surface area contributed by atoms with Crippen molar-refractivity contribution in [1.29, 1.82) is 0 Å². The molecule has 1 atom stereocenters. The van der Waals surface area contributed by atoms with E-state index in [1.165, 1.54) is 0 Å². The maximum absolute atomic E-state index is 8.83. The minimum atomic E-state index is -0.408. The van der Waals surface area contributed by atoms with Crippen molar-refractivity contribution < 1.29 is 4.55 Å². The molecule has 1 rings (SSSR count). The SMILES string of the molecule is O[S+]1C=CCSC1. The first-order chi connectivity index (χ1) is 3.39. The fourth-order valence-corrected chi connectivity index (χ4v) is 2.45. The average molecular weight is 135 g/mol. The third-order valence-electron chi connectivity index (χ3n) is 0.671. The molecule has 40 valence electrons. The van der Waals surface area contributed by atoms with Gasteiger partial charge in [0, 0.05) is 5.75 Å². The van der Waals surface area contributed by atoms with E-state index in [4.69, 9.17) is 4.55 Å². The van der Waals surface area contributed by atoms with Gasteiger partial charge in [-0.2, -0.15) is 4.55 Å². The molecule has 1 heterocycles. The average Bonchev–Trinajstić information content (AvgIpc) is 1.69. The monoisotopic (exact) mass is 135 g/mol. The van der Waals surface area contributed by atoms with Crippen LogP contribution in [-0.2, 0) is 11.2 Å². The molecule has 0 amide bonds. The van der Waals surface area contributed by atoms with Crippen LogP contribution in [0.3, 0.4) is 0 Å². The molecule has 1 unspecified atom stereocenters. The van der Waals surface area contributed by atoms with Gasteiger partial charge in [-0.15, -0.1) is 11.8 Å².